The van der Waals surface area contributed by atoms with E-state index in [9.17, 15) is 4.79 Å². The fourth-order valence-electron chi connectivity index (χ4n) is 1.95. The number of aromatic nitrogens is 1. The largest absolute Gasteiger partial charge is 0.373 e. The van der Waals surface area contributed by atoms with Gasteiger partial charge in [-0.15, -0.1) is 11.3 Å². The fraction of sp³-hybridized carbons (Fsp3) is 0.333. The lowest BCUT2D eigenvalue weighted by Crippen LogP contribution is -2.31. The van der Waals surface area contributed by atoms with Gasteiger partial charge in [-0.2, -0.15) is 0 Å². The number of anilines is 1. The summed E-state index contributed by atoms with van der Waals surface area (Å²) >= 11 is 1.66. The highest BCUT2D eigenvalue weighted by Gasteiger charge is 2.20. The van der Waals surface area contributed by atoms with Crippen LogP contribution in [0.3, 0.4) is 0 Å². The molecule has 0 bridgehead atoms. The second-order valence-corrected chi connectivity index (χ2v) is 5.85. The van der Waals surface area contributed by atoms with Crippen LogP contribution in [-0.2, 0) is 0 Å². The van der Waals surface area contributed by atoms with Crippen LogP contribution in [-0.4, -0.2) is 17.9 Å². The van der Waals surface area contributed by atoms with E-state index < -0.39 is 0 Å². The number of rotatable bonds is 5. The predicted molar refractivity (Wildman–Crippen MR) is 83.1 cm³/mol. The highest BCUT2D eigenvalue weighted by atomic mass is 32.1. The molecule has 20 heavy (non-hydrogen) atoms. The number of carbonyl (C=O) groups excluding carboxylic acids is 1. The van der Waals surface area contributed by atoms with Crippen LogP contribution in [0.2, 0.25) is 0 Å². The molecule has 0 fully saturated rings. The molecule has 0 spiro atoms. The van der Waals surface area contributed by atoms with Crippen molar-refractivity contribution >= 4 is 23.1 Å². The van der Waals surface area contributed by atoms with E-state index >= 15 is 0 Å². The zero-order valence-electron chi connectivity index (χ0n) is 11.9. The van der Waals surface area contributed by atoms with Gasteiger partial charge in [0.15, 0.2) is 0 Å². The minimum absolute atomic E-state index is 0.0162. The van der Waals surface area contributed by atoms with Gasteiger partial charge in [-0.25, -0.2) is 4.98 Å². The molecule has 2 N–H and O–H groups in total. The summed E-state index contributed by atoms with van der Waals surface area (Å²) in [6.45, 7) is 4.20. The highest BCUT2D eigenvalue weighted by Crippen LogP contribution is 2.26. The maximum absolute atomic E-state index is 12.3. The molecule has 2 aromatic heterocycles. The van der Waals surface area contributed by atoms with E-state index in [1.54, 1.807) is 24.5 Å². The quantitative estimate of drug-likeness (QED) is 0.888. The zero-order valence-corrected chi connectivity index (χ0v) is 12.7. The lowest BCUT2D eigenvalue weighted by Gasteiger charge is -2.21. The van der Waals surface area contributed by atoms with Crippen LogP contribution >= 0.6 is 11.3 Å². The Morgan fingerprint density at radius 2 is 2.05 bits per heavy atom. The molecule has 0 saturated carbocycles. The number of pyridine rings is 1. The first-order valence-corrected chi connectivity index (χ1v) is 7.49. The smallest absolute Gasteiger partial charge is 0.270 e. The van der Waals surface area contributed by atoms with Crippen LogP contribution in [0.4, 0.5) is 5.82 Å². The van der Waals surface area contributed by atoms with Crippen molar-refractivity contribution in [2.45, 2.75) is 19.9 Å². The average Bonchev–Trinajstić information content (AvgIpc) is 2.98. The third-order valence-electron chi connectivity index (χ3n) is 3.04. The standard InChI is InChI=1S/C15H19N3OS/c1-10(2)14(12-7-5-9-20-12)18-15(19)11-6-4-8-13(16-3)17-11/h4-10,14H,1-3H3,(H,16,17)(H,18,19). The SMILES string of the molecule is CNc1cccc(C(=O)NC(c2cccs2)C(C)C)n1. The molecule has 2 aromatic rings. The number of hydrogen-bond acceptors (Lipinski definition) is 4. The normalized spacial score (nSPS) is 12.2. The number of amides is 1. The van der Waals surface area contributed by atoms with Gasteiger partial charge in [-0.05, 0) is 29.5 Å². The molecule has 0 saturated heterocycles. The Balaban J connectivity index is 2.16. The average molecular weight is 289 g/mol. The maximum Gasteiger partial charge on any atom is 0.270 e. The van der Waals surface area contributed by atoms with Crippen molar-refractivity contribution in [3.63, 3.8) is 0 Å². The molecule has 5 heteroatoms. The number of thiophene rings is 1. The Morgan fingerprint density at radius 3 is 2.65 bits per heavy atom. The summed E-state index contributed by atoms with van der Waals surface area (Å²) in [7, 11) is 1.78. The molecule has 2 heterocycles. The van der Waals surface area contributed by atoms with Crippen molar-refractivity contribution in [1.29, 1.82) is 0 Å². The first-order chi connectivity index (χ1) is 9.61. The Hall–Kier alpha value is -1.88. The van der Waals surface area contributed by atoms with Gasteiger partial charge >= 0.3 is 0 Å². The van der Waals surface area contributed by atoms with Crippen molar-refractivity contribution < 1.29 is 4.79 Å². The minimum Gasteiger partial charge on any atom is -0.373 e. The van der Waals surface area contributed by atoms with Gasteiger partial charge in [0.25, 0.3) is 5.91 Å². The Kier molecular flexibility index (Phi) is 4.74. The summed E-state index contributed by atoms with van der Waals surface area (Å²) in [4.78, 5) is 17.8. The Labute approximate surface area is 123 Å². The van der Waals surface area contributed by atoms with Crippen molar-refractivity contribution in [1.82, 2.24) is 10.3 Å². The van der Waals surface area contributed by atoms with Gasteiger partial charge in [0.05, 0.1) is 6.04 Å². The van der Waals surface area contributed by atoms with Crippen LogP contribution in [0.5, 0.6) is 0 Å². The van der Waals surface area contributed by atoms with Crippen LogP contribution in [0, 0.1) is 5.92 Å². The summed E-state index contributed by atoms with van der Waals surface area (Å²) in [5.74, 6) is 0.870. The van der Waals surface area contributed by atoms with E-state index in [1.165, 1.54) is 0 Å². The van der Waals surface area contributed by atoms with Crippen molar-refractivity contribution in [2.75, 3.05) is 12.4 Å². The Bertz CT molecular complexity index is 566. The zero-order chi connectivity index (χ0) is 14.5. The van der Waals surface area contributed by atoms with Gasteiger partial charge in [-0.3, -0.25) is 4.79 Å². The molecule has 0 aliphatic heterocycles. The van der Waals surface area contributed by atoms with E-state index in [-0.39, 0.29) is 11.9 Å². The molecule has 0 aliphatic rings. The van der Waals surface area contributed by atoms with Crippen LogP contribution in [0.15, 0.2) is 35.7 Å². The molecule has 4 nitrogen and oxygen atoms in total. The topological polar surface area (TPSA) is 54.0 Å². The first kappa shape index (κ1) is 14.5. The second kappa shape index (κ2) is 6.52. The summed E-state index contributed by atoms with van der Waals surface area (Å²) in [6, 6.07) is 9.44. The van der Waals surface area contributed by atoms with Gasteiger partial charge in [-0.1, -0.05) is 26.0 Å². The number of hydrogen-bond donors (Lipinski definition) is 2. The lowest BCUT2D eigenvalue weighted by molar-refractivity contribution is 0.0921. The van der Waals surface area contributed by atoms with E-state index in [4.69, 9.17) is 0 Å². The van der Waals surface area contributed by atoms with Gasteiger partial charge in [0, 0.05) is 11.9 Å². The van der Waals surface area contributed by atoms with E-state index in [2.05, 4.69) is 29.5 Å². The molecule has 2 rings (SSSR count). The van der Waals surface area contributed by atoms with Gasteiger partial charge in [0.2, 0.25) is 0 Å². The lowest BCUT2D eigenvalue weighted by atomic mass is 10.0. The Morgan fingerprint density at radius 1 is 1.25 bits per heavy atom. The van der Waals surface area contributed by atoms with Crippen LogP contribution in [0.1, 0.15) is 35.3 Å². The minimum atomic E-state index is -0.144. The van der Waals surface area contributed by atoms with Gasteiger partial charge < -0.3 is 10.6 Å². The first-order valence-electron chi connectivity index (χ1n) is 6.61. The number of nitrogens with zero attached hydrogens (tertiary/aromatic N) is 1. The van der Waals surface area contributed by atoms with E-state index in [1.807, 2.05) is 29.6 Å². The van der Waals surface area contributed by atoms with E-state index in [0.29, 0.717) is 17.4 Å². The monoisotopic (exact) mass is 289 g/mol. The molecule has 0 aromatic carbocycles. The van der Waals surface area contributed by atoms with Crippen molar-refractivity contribution in [2.24, 2.45) is 5.92 Å². The molecule has 1 atom stereocenters. The van der Waals surface area contributed by atoms with Crippen LogP contribution < -0.4 is 10.6 Å². The molecular formula is C15H19N3OS. The summed E-state index contributed by atoms with van der Waals surface area (Å²) < 4.78 is 0. The molecule has 1 unspecified atom stereocenters. The van der Waals surface area contributed by atoms with Crippen molar-refractivity contribution in [3.8, 4) is 0 Å². The molecular weight excluding hydrogens is 270 g/mol. The van der Waals surface area contributed by atoms with Crippen molar-refractivity contribution in [3.05, 3.63) is 46.3 Å². The fourth-order valence-corrected chi connectivity index (χ4v) is 2.90. The molecule has 106 valence electrons. The molecule has 1 amide bonds. The number of nitrogens with one attached hydrogen (secondary N) is 2. The summed E-state index contributed by atoms with van der Waals surface area (Å²) in [5.41, 5.74) is 0.430. The third kappa shape index (κ3) is 3.36. The third-order valence-corrected chi connectivity index (χ3v) is 4.00. The second-order valence-electron chi connectivity index (χ2n) is 4.87. The van der Waals surface area contributed by atoms with E-state index in [0.717, 1.165) is 4.88 Å². The summed E-state index contributed by atoms with van der Waals surface area (Å²) in [6.07, 6.45) is 0. The number of carbonyl (C=O) groups is 1. The molecule has 0 radical (unpaired) electrons. The van der Waals surface area contributed by atoms with Crippen LogP contribution in [0.25, 0.3) is 0 Å². The molecule has 0 aliphatic carbocycles. The maximum atomic E-state index is 12.3. The summed E-state index contributed by atoms with van der Waals surface area (Å²) in [5, 5.41) is 8.03. The highest BCUT2D eigenvalue weighted by molar-refractivity contribution is 7.10. The van der Waals surface area contributed by atoms with Gasteiger partial charge in [0.1, 0.15) is 11.5 Å². The predicted octanol–water partition coefficient (Wildman–Crippen LogP) is 3.31.